The molecule has 0 amide bonds. The molecule has 0 saturated heterocycles. The number of fused-ring (bicyclic) bond motifs is 2. The van der Waals surface area contributed by atoms with Crippen LogP contribution in [0, 0.1) is 34.6 Å². The molecule has 4 aromatic carbocycles. The molecule has 0 fully saturated rings. The van der Waals surface area contributed by atoms with Crippen LogP contribution in [-0.4, -0.2) is 0 Å². The summed E-state index contributed by atoms with van der Waals surface area (Å²) in [6.07, 6.45) is 0. The molecule has 2 heterocycles. The van der Waals surface area contributed by atoms with Crippen LogP contribution in [0.25, 0.3) is 0 Å². The molecule has 3 nitrogen and oxygen atoms in total. The molecule has 1 spiro atoms. The minimum Gasteiger partial charge on any atom is -0.364 e. The minimum absolute atomic E-state index is 0.769. The zero-order valence-electron chi connectivity index (χ0n) is 20.5. The number of aryl methyl sites for hydroxylation is 5. The van der Waals surface area contributed by atoms with E-state index in [1.54, 1.807) is 0 Å². The first kappa shape index (κ1) is 22.4. The highest BCUT2D eigenvalue weighted by Crippen LogP contribution is 2.70. The highest BCUT2D eigenvalue weighted by molar-refractivity contribution is 8.27. The van der Waals surface area contributed by atoms with Crippen LogP contribution >= 0.6 is 10.8 Å². The number of benzene rings is 4. The Morgan fingerprint density at radius 3 is 1.65 bits per heavy atom. The third-order valence-electron chi connectivity index (χ3n) is 5.92. The van der Waals surface area contributed by atoms with Crippen LogP contribution in [0.3, 0.4) is 0 Å². The van der Waals surface area contributed by atoms with Crippen molar-refractivity contribution in [3.05, 3.63) is 118 Å². The SMILES string of the molecule is Cc1cc(C)cc(C)c1.Cc1cc(C)cc(N2c3ccccc3OS23Cc2ccccc2O3)c1. The molecule has 4 aromatic rings. The summed E-state index contributed by atoms with van der Waals surface area (Å²) >= 11 is 0. The van der Waals surface area contributed by atoms with Gasteiger partial charge in [0.25, 0.3) is 0 Å². The Bertz CT molecular complexity index is 1260. The van der Waals surface area contributed by atoms with E-state index in [0.29, 0.717) is 0 Å². The summed E-state index contributed by atoms with van der Waals surface area (Å²) in [4.78, 5) is 0. The number of hydrogen-bond acceptors (Lipinski definition) is 3. The van der Waals surface area contributed by atoms with Crippen LogP contribution in [0.1, 0.15) is 33.4 Å². The summed E-state index contributed by atoms with van der Waals surface area (Å²) < 4.78 is 15.2. The number of nitrogens with zero attached hydrogens (tertiary/aromatic N) is 1. The maximum absolute atomic E-state index is 6.47. The topological polar surface area (TPSA) is 21.7 Å². The zero-order valence-corrected chi connectivity index (χ0v) is 21.3. The molecule has 0 radical (unpaired) electrons. The van der Waals surface area contributed by atoms with Gasteiger partial charge in [0, 0.05) is 5.56 Å². The second kappa shape index (κ2) is 8.77. The Kier molecular flexibility index (Phi) is 5.78. The molecule has 1 atom stereocenters. The molecule has 0 aromatic heterocycles. The van der Waals surface area contributed by atoms with E-state index in [4.69, 9.17) is 8.37 Å². The van der Waals surface area contributed by atoms with Crippen molar-refractivity contribution in [2.75, 3.05) is 4.31 Å². The second-order valence-corrected chi connectivity index (χ2v) is 11.4. The average molecular weight is 470 g/mol. The molecule has 4 heteroatoms. The standard InChI is InChI=1S/C21H19NO2S.C9H12/c1-15-11-16(2)13-18(12-15)22-19-8-4-6-10-21(19)24-25(22)14-17-7-3-5-9-20(17)23-25;1-7-4-8(2)6-9(3)5-7/h3-13H,14H2,1-2H3;4-6H,1-3H3. The number of hydrogen-bond donors (Lipinski definition) is 0. The molecule has 6 rings (SSSR count). The third kappa shape index (κ3) is 4.26. The van der Waals surface area contributed by atoms with Crippen LogP contribution < -0.4 is 12.7 Å². The van der Waals surface area contributed by atoms with Crippen molar-refractivity contribution in [2.45, 2.75) is 40.4 Å². The minimum atomic E-state index is -1.94. The van der Waals surface area contributed by atoms with Crippen molar-refractivity contribution in [3.8, 4) is 11.5 Å². The lowest BCUT2D eigenvalue weighted by atomic mass is 10.1. The first-order valence-electron chi connectivity index (χ1n) is 11.6. The molecule has 2 aliphatic rings. The van der Waals surface area contributed by atoms with Gasteiger partial charge in [0.15, 0.2) is 11.5 Å². The van der Waals surface area contributed by atoms with E-state index in [-0.39, 0.29) is 0 Å². The van der Waals surface area contributed by atoms with Crippen LogP contribution in [0.5, 0.6) is 11.5 Å². The Hall–Kier alpha value is -3.37. The van der Waals surface area contributed by atoms with Gasteiger partial charge in [-0.3, -0.25) is 0 Å². The average Bonchev–Trinajstić information content (AvgIpc) is 3.28. The number of anilines is 2. The van der Waals surface area contributed by atoms with E-state index in [9.17, 15) is 0 Å². The van der Waals surface area contributed by atoms with E-state index in [2.05, 4.69) is 99.6 Å². The fourth-order valence-electron chi connectivity index (χ4n) is 4.81. The molecule has 174 valence electrons. The summed E-state index contributed by atoms with van der Waals surface area (Å²) in [5, 5.41) is 0. The molecule has 34 heavy (non-hydrogen) atoms. The van der Waals surface area contributed by atoms with Gasteiger partial charge >= 0.3 is 0 Å². The van der Waals surface area contributed by atoms with Gasteiger partial charge in [0.1, 0.15) is 11.4 Å². The van der Waals surface area contributed by atoms with Gasteiger partial charge in [-0.2, -0.15) is 0 Å². The predicted octanol–water partition coefficient (Wildman–Crippen LogP) is 8.59. The lowest BCUT2D eigenvalue weighted by Crippen LogP contribution is -2.24. The van der Waals surface area contributed by atoms with Gasteiger partial charge in [-0.05, 0) is 86.9 Å². The molecule has 0 aliphatic carbocycles. The highest BCUT2D eigenvalue weighted by Gasteiger charge is 2.46. The third-order valence-corrected chi connectivity index (χ3v) is 8.44. The smallest absolute Gasteiger partial charge is 0.179 e. The molecule has 0 saturated carbocycles. The van der Waals surface area contributed by atoms with Gasteiger partial charge in [0.2, 0.25) is 0 Å². The largest absolute Gasteiger partial charge is 0.364 e. The van der Waals surface area contributed by atoms with Crippen molar-refractivity contribution in [3.63, 3.8) is 0 Å². The van der Waals surface area contributed by atoms with Gasteiger partial charge in [0.05, 0.1) is 5.69 Å². The van der Waals surface area contributed by atoms with Crippen molar-refractivity contribution < 1.29 is 8.37 Å². The first-order valence-corrected chi connectivity index (χ1v) is 13.2. The van der Waals surface area contributed by atoms with Crippen LogP contribution in [0.4, 0.5) is 11.4 Å². The number of rotatable bonds is 1. The van der Waals surface area contributed by atoms with Gasteiger partial charge in [-0.25, -0.2) is 4.31 Å². The second-order valence-electron chi connectivity index (χ2n) is 9.27. The maximum Gasteiger partial charge on any atom is 0.179 e. The van der Waals surface area contributed by atoms with Crippen LogP contribution in [0.2, 0.25) is 0 Å². The Balaban J connectivity index is 0.000000227. The summed E-state index contributed by atoms with van der Waals surface area (Å²) in [7, 11) is -1.94. The van der Waals surface area contributed by atoms with E-state index < -0.39 is 10.8 Å². The highest BCUT2D eigenvalue weighted by atomic mass is 32.3. The fourth-order valence-corrected chi connectivity index (χ4v) is 7.62. The Labute approximate surface area is 204 Å². The van der Waals surface area contributed by atoms with Crippen molar-refractivity contribution >= 4 is 22.2 Å². The Morgan fingerprint density at radius 1 is 0.588 bits per heavy atom. The summed E-state index contributed by atoms with van der Waals surface area (Å²) in [5.74, 6) is 2.59. The zero-order chi connectivity index (χ0) is 23.9. The van der Waals surface area contributed by atoms with Crippen molar-refractivity contribution in [2.24, 2.45) is 0 Å². The van der Waals surface area contributed by atoms with Gasteiger partial charge in [-0.1, -0.05) is 71.3 Å². The van der Waals surface area contributed by atoms with Crippen molar-refractivity contribution in [1.29, 1.82) is 0 Å². The normalized spacial score (nSPS) is 19.3. The molecule has 0 N–H and O–H groups in total. The van der Waals surface area contributed by atoms with E-state index in [0.717, 1.165) is 28.6 Å². The number of para-hydroxylation sites is 3. The van der Waals surface area contributed by atoms with E-state index >= 15 is 0 Å². The summed E-state index contributed by atoms with van der Waals surface area (Å²) in [6, 6.07) is 29.6. The van der Waals surface area contributed by atoms with Crippen LogP contribution in [-0.2, 0) is 5.75 Å². The molecule has 2 aliphatic heterocycles. The summed E-state index contributed by atoms with van der Waals surface area (Å²) in [5.41, 5.74) is 9.96. The van der Waals surface area contributed by atoms with E-state index in [1.165, 1.54) is 33.4 Å². The quantitative estimate of drug-likeness (QED) is 0.279. The van der Waals surface area contributed by atoms with Crippen molar-refractivity contribution in [1.82, 2.24) is 0 Å². The molecular formula is C30H31NO2S. The van der Waals surface area contributed by atoms with Gasteiger partial charge in [-0.15, -0.1) is 0 Å². The maximum atomic E-state index is 6.47. The molecular weight excluding hydrogens is 438 g/mol. The monoisotopic (exact) mass is 469 g/mol. The van der Waals surface area contributed by atoms with Gasteiger partial charge < -0.3 is 8.37 Å². The first-order chi connectivity index (χ1) is 16.3. The predicted molar refractivity (Wildman–Crippen MR) is 144 cm³/mol. The van der Waals surface area contributed by atoms with Crippen LogP contribution in [0.15, 0.2) is 84.9 Å². The molecule has 0 bridgehead atoms. The summed E-state index contributed by atoms with van der Waals surface area (Å²) in [6.45, 7) is 10.6. The fraction of sp³-hybridized carbons (Fsp3) is 0.200. The lowest BCUT2D eigenvalue weighted by Gasteiger charge is -2.42. The van der Waals surface area contributed by atoms with E-state index in [1.807, 2.05) is 24.3 Å². The molecule has 1 unspecified atom stereocenters. The lowest BCUT2D eigenvalue weighted by molar-refractivity contribution is 0.523. The Morgan fingerprint density at radius 2 is 1.06 bits per heavy atom.